The fourth-order valence-corrected chi connectivity index (χ4v) is 1.48. The van der Waals surface area contributed by atoms with Crippen LogP contribution < -0.4 is 4.74 Å². The van der Waals surface area contributed by atoms with E-state index in [-0.39, 0.29) is 0 Å². The Morgan fingerprint density at radius 2 is 2.15 bits per heavy atom. The van der Waals surface area contributed by atoms with Gasteiger partial charge < -0.3 is 4.74 Å². The third-order valence-electron chi connectivity index (χ3n) is 1.83. The van der Waals surface area contributed by atoms with E-state index in [0.717, 1.165) is 16.5 Å². The molecule has 13 heavy (non-hydrogen) atoms. The van der Waals surface area contributed by atoms with Gasteiger partial charge in [-0.05, 0) is 45.6 Å². The molecule has 0 unspecified atom stereocenters. The van der Waals surface area contributed by atoms with E-state index >= 15 is 0 Å². The molecule has 0 saturated carbocycles. The van der Waals surface area contributed by atoms with E-state index in [1.165, 1.54) is 0 Å². The number of pyridine rings is 1. The fraction of sp³-hybridized carbons (Fsp3) is 0.100. The predicted molar refractivity (Wildman–Crippen MR) is 56.2 cm³/mol. The van der Waals surface area contributed by atoms with Crippen LogP contribution in [0.25, 0.3) is 10.8 Å². The SMILES string of the molecule is BrCOc1ccc2cnccc2c1. The number of ether oxygens (including phenoxy) is 1. The lowest BCUT2D eigenvalue weighted by molar-refractivity contribution is 0.398. The van der Waals surface area contributed by atoms with Gasteiger partial charge in [0.25, 0.3) is 0 Å². The Balaban J connectivity index is 2.49. The zero-order chi connectivity index (χ0) is 9.10. The smallest absolute Gasteiger partial charge is 0.143 e. The van der Waals surface area contributed by atoms with Gasteiger partial charge in [0.1, 0.15) is 11.3 Å². The van der Waals surface area contributed by atoms with Crippen LogP contribution in [0.2, 0.25) is 0 Å². The second kappa shape index (κ2) is 3.75. The van der Waals surface area contributed by atoms with Crippen LogP contribution in [0.5, 0.6) is 5.75 Å². The lowest BCUT2D eigenvalue weighted by Gasteiger charge is -2.02. The molecule has 2 nitrogen and oxygen atoms in total. The van der Waals surface area contributed by atoms with E-state index in [1.54, 1.807) is 6.20 Å². The molecule has 0 saturated heterocycles. The van der Waals surface area contributed by atoms with Gasteiger partial charge in [0.2, 0.25) is 0 Å². The molecular formula is C10H8BrNO. The highest BCUT2D eigenvalue weighted by atomic mass is 79.9. The molecule has 0 radical (unpaired) electrons. The third kappa shape index (κ3) is 1.80. The maximum atomic E-state index is 5.31. The fourth-order valence-electron chi connectivity index (χ4n) is 1.21. The van der Waals surface area contributed by atoms with Crippen molar-refractivity contribution in [2.45, 2.75) is 0 Å². The molecule has 0 atom stereocenters. The van der Waals surface area contributed by atoms with Gasteiger partial charge in [-0.1, -0.05) is 0 Å². The zero-order valence-electron chi connectivity index (χ0n) is 6.90. The van der Waals surface area contributed by atoms with Crippen molar-refractivity contribution in [2.75, 3.05) is 5.52 Å². The van der Waals surface area contributed by atoms with Crippen molar-refractivity contribution in [2.24, 2.45) is 0 Å². The summed E-state index contributed by atoms with van der Waals surface area (Å²) in [4.78, 5) is 4.04. The summed E-state index contributed by atoms with van der Waals surface area (Å²) >= 11 is 3.22. The summed E-state index contributed by atoms with van der Waals surface area (Å²) in [6, 6.07) is 7.90. The van der Waals surface area contributed by atoms with E-state index in [0.29, 0.717) is 5.52 Å². The molecule has 0 amide bonds. The Kier molecular flexibility index (Phi) is 2.45. The number of halogens is 1. The van der Waals surface area contributed by atoms with Crippen molar-refractivity contribution in [3.63, 3.8) is 0 Å². The van der Waals surface area contributed by atoms with Crippen molar-refractivity contribution in [1.29, 1.82) is 0 Å². The molecule has 0 spiro atoms. The highest BCUT2D eigenvalue weighted by molar-refractivity contribution is 9.09. The minimum atomic E-state index is 0.517. The van der Waals surface area contributed by atoms with Crippen molar-refractivity contribution in [3.8, 4) is 5.75 Å². The van der Waals surface area contributed by atoms with Gasteiger partial charge in [-0.2, -0.15) is 0 Å². The lowest BCUT2D eigenvalue weighted by Crippen LogP contribution is -1.87. The molecule has 0 aliphatic carbocycles. The van der Waals surface area contributed by atoms with Gasteiger partial charge in [-0.15, -0.1) is 0 Å². The normalized spacial score (nSPS) is 10.2. The first-order chi connectivity index (χ1) is 6.40. The summed E-state index contributed by atoms with van der Waals surface area (Å²) in [6.45, 7) is 0. The van der Waals surface area contributed by atoms with E-state index in [4.69, 9.17) is 4.74 Å². The van der Waals surface area contributed by atoms with E-state index in [2.05, 4.69) is 20.9 Å². The van der Waals surface area contributed by atoms with E-state index in [1.807, 2.05) is 30.5 Å². The first kappa shape index (κ1) is 8.51. The van der Waals surface area contributed by atoms with Crippen molar-refractivity contribution in [1.82, 2.24) is 4.98 Å². The Morgan fingerprint density at radius 3 is 3.00 bits per heavy atom. The largest absolute Gasteiger partial charge is 0.482 e. The highest BCUT2D eigenvalue weighted by Crippen LogP contribution is 2.19. The highest BCUT2D eigenvalue weighted by Gasteiger charge is 1.95. The second-order valence-electron chi connectivity index (χ2n) is 2.64. The van der Waals surface area contributed by atoms with Gasteiger partial charge in [0, 0.05) is 17.8 Å². The summed E-state index contributed by atoms with van der Waals surface area (Å²) < 4.78 is 5.31. The molecule has 66 valence electrons. The summed E-state index contributed by atoms with van der Waals surface area (Å²) in [7, 11) is 0. The number of nitrogens with zero attached hydrogens (tertiary/aromatic N) is 1. The standard InChI is InChI=1S/C10H8BrNO/c11-7-13-10-2-1-9-6-12-4-3-8(9)5-10/h1-6H,7H2. The van der Waals surface area contributed by atoms with Crippen LogP contribution in [-0.4, -0.2) is 10.5 Å². The topological polar surface area (TPSA) is 22.1 Å². The summed E-state index contributed by atoms with van der Waals surface area (Å²) in [6.07, 6.45) is 3.62. The number of alkyl halides is 1. The molecule has 3 heteroatoms. The molecule has 0 aliphatic heterocycles. The molecule has 0 fully saturated rings. The van der Waals surface area contributed by atoms with Crippen molar-refractivity contribution in [3.05, 3.63) is 36.7 Å². The molecular weight excluding hydrogens is 230 g/mol. The van der Waals surface area contributed by atoms with Crippen molar-refractivity contribution < 1.29 is 4.74 Å². The number of aromatic nitrogens is 1. The Bertz CT molecular complexity index is 416. The van der Waals surface area contributed by atoms with Gasteiger partial charge in [-0.25, -0.2) is 0 Å². The van der Waals surface area contributed by atoms with Crippen LogP contribution in [0.1, 0.15) is 0 Å². The molecule has 1 heterocycles. The summed E-state index contributed by atoms with van der Waals surface area (Å²) in [5.41, 5.74) is 0.517. The Hall–Kier alpha value is -1.09. The van der Waals surface area contributed by atoms with Crippen LogP contribution in [0.3, 0.4) is 0 Å². The Labute approximate surface area is 84.7 Å². The number of fused-ring (bicyclic) bond motifs is 1. The first-order valence-electron chi connectivity index (χ1n) is 3.93. The van der Waals surface area contributed by atoms with Crippen LogP contribution in [0.4, 0.5) is 0 Å². The third-order valence-corrected chi connectivity index (χ3v) is 2.06. The quantitative estimate of drug-likeness (QED) is 0.750. The van der Waals surface area contributed by atoms with Crippen LogP contribution in [-0.2, 0) is 0 Å². The molecule has 0 N–H and O–H groups in total. The Morgan fingerprint density at radius 1 is 1.23 bits per heavy atom. The first-order valence-corrected chi connectivity index (χ1v) is 5.05. The minimum Gasteiger partial charge on any atom is -0.482 e. The van der Waals surface area contributed by atoms with E-state index < -0.39 is 0 Å². The number of hydrogen-bond acceptors (Lipinski definition) is 2. The zero-order valence-corrected chi connectivity index (χ0v) is 8.49. The van der Waals surface area contributed by atoms with Gasteiger partial charge >= 0.3 is 0 Å². The van der Waals surface area contributed by atoms with Gasteiger partial charge in [0.05, 0.1) is 0 Å². The molecule has 0 bridgehead atoms. The van der Waals surface area contributed by atoms with Gasteiger partial charge in [-0.3, -0.25) is 4.98 Å². The monoisotopic (exact) mass is 237 g/mol. The molecule has 2 rings (SSSR count). The lowest BCUT2D eigenvalue weighted by atomic mass is 10.2. The predicted octanol–water partition coefficient (Wildman–Crippen LogP) is 2.97. The average molecular weight is 238 g/mol. The van der Waals surface area contributed by atoms with Crippen LogP contribution >= 0.6 is 15.9 Å². The maximum Gasteiger partial charge on any atom is 0.143 e. The van der Waals surface area contributed by atoms with E-state index in [9.17, 15) is 0 Å². The average Bonchev–Trinajstić information content (AvgIpc) is 2.18. The molecule has 2 aromatic rings. The molecule has 0 aliphatic rings. The summed E-state index contributed by atoms with van der Waals surface area (Å²) in [5.74, 6) is 0.871. The number of benzene rings is 1. The second-order valence-corrected chi connectivity index (χ2v) is 3.10. The van der Waals surface area contributed by atoms with Crippen LogP contribution in [0, 0.1) is 0 Å². The minimum absolute atomic E-state index is 0.517. The molecule has 1 aromatic heterocycles. The molecule has 1 aromatic carbocycles. The maximum absolute atomic E-state index is 5.31. The number of hydrogen-bond donors (Lipinski definition) is 0. The van der Waals surface area contributed by atoms with Gasteiger partial charge in [0.15, 0.2) is 0 Å². The number of rotatable bonds is 2. The summed E-state index contributed by atoms with van der Waals surface area (Å²) in [5, 5.41) is 2.28. The van der Waals surface area contributed by atoms with Crippen LogP contribution in [0.15, 0.2) is 36.7 Å². The van der Waals surface area contributed by atoms with Crippen molar-refractivity contribution >= 4 is 26.7 Å².